The molecule has 0 spiro atoms. The van der Waals surface area contributed by atoms with Gasteiger partial charge in [-0.25, -0.2) is 0 Å². The van der Waals surface area contributed by atoms with Gasteiger partial charge in [-0.15, -0.1) is 10.1 Å². The van der Waals surface area contributed by atoms with Gasteiger partial charge in [0.15, 0.2) is 0 Å². The summed E-state index contributed by atoms with van der Waals surface area (Å²) in [5.74, 6) is 0.626. The Bertz CT molecular complexity index is 514. The second-order valence-corrected chi connectivity index (χ2v) is 5.70. The molecule has 23 heavy (non-hydrogen) atoms. The van der Waals surface area contributed by atoms with Gasteiger partial charge in [0.05, 0.1) is 12.9 Å². The number of fused-ring (bicyclic) bond motifs is 1. The third kappa shape index (κ3) is 5.34. The van der Waals surface area contributed by atoms with Crippen LogP contribution >= 0.6 is 0 Å². The average Bonchev–Trinajstić information content (AvgIpc) is 2.46. The highest BCUT2D eigenvalue weighted by atomic mass is 17.0. The minimum Gasteiger partial charge on any atom is -0.465 e. The zero-order valence-electron chi connectivity index (χ0n) is 13.2. The first kappa shape index (κ1) is 17.5. The Labute approximate surface area is 134 Å². The number of allylic oxidation sites excluding steroid dienone is 3. The molecular formula is C15H22N2O6. The molecule has 0 aromatic rings. The summed E-state index contributed by atoms with van der Waals surface area (Å²) >= 11 is 0. The van der Waals surface area contributed by atoms with Crippen LogP contribution in [0.4, 0.5) is 0 Å². The highest BCUT2D eigenvalue weighted by molar-refractivity contribution is 5.37. The fourth-order valence-electron chi connectivity index (χ4n) is 2.48. The molecule has 0 fully saturated rings. The maximum atomic E-state index is 10.7. The first-order valence-corrected chi connectivity index (χ1v) is 7.57. The molecule has 0 aromatic carbocycles. The highest BCUT2D eigenvalue weighted by Crippen LogP contribution is 2.31. The van der Waals surface area contributed by atoms with Crippen LogP contribution in [0.1, 0.15) is 26.7 Å². The Morgan fingerprint density at radius 1 is 1.57 bits per heavy atom. The lowest BCUT2D eigenvalue weighted by Gasteiger charge is -2.30. The third-order valence-electron chi connectivity index (χ3n) is 3.44. The van der Waals surface area contributed by atoms with E-state index in [9.17, 15) is 15.2 Å². The summed E-state index contributed by atoms with van der Waals surface area (Å²) in [7, 11) is 0. The Kier molecular flexibility index (Phi) is 6.14. The van der Waals surface area contributed by atoms with Crippen LogP contribution < -0.4 is 5.32 Å². The Balaban J connectivity index is 1.94. The van der Waals surface area contributed by atoms with Crippen molar-refractivity contribution >= 4 is 0 Å². The Morgan fingerprint density at radius 2 is 2.35 bits per heavy atom. The second kappa shape index (κ2) is 8.09. The molecule has 8 nitrogen and oxygen atoms in total. The van der Waals surface area contributed by atoms with E-state index in [-0.39, 0.29) is 12.6 Å². The lowest BCUT2D eigenvalue weighted by atomic mass is 9.94. The molecule has 0 amide bonds. The van der Waals surface area contributed by atoms with Gasteiger partial charge in [0, 0.05) is 18.9 Å². The van der Waals surface area contributed by atoms with E-state index < -0.39 is 23.5 Å². The van der Waals surface area contributed by atoms with Crippen molar-refractivity contribution in [2.45, 2.75) is 51.2 Å². The van der Waals surface area contributed by atoms with Crippen molar-refractivity contribution in [1.29, 1.82) is 0 Å². The van der Waals surface area contributed by atoms with Crippen LogP contribution in [0.3, 0.4) is 0 Å². The van der Waals surface area contributed by atoms with Crippen molar-refractivity contribution in [3.63, 3.8) is 0 Å². The normalized spacial score (nSPS) is 24.3. The van der Waals surface area contributed by atoms with Gasteiger partial charge in [0.1, 0.15) is 24.2 Å². The fourth-order valence-corrected chi connectivity index (χ4v) is 2.48. The highest BCUT2D eigenvalue weighted by Gasteiger charge is 2.32. The molecule has 0 aromatic heterocycles. The van der Waals surface area contributed by atoms with E-state index in [0.29, 0.717) is 18.6 Å². The predicted octanol–water partition coefficient (Wildman–Crippen LogP) is 1.41. The molecule has 3 unspecified atom stereocenters. The van der Waals surface area contributed by atoms with Crippen molar-refractivity contribution < 1.29 is 24.5 Å². The standard InChI is InChI=1S/C15H22N2O6/c1-10(2)16-15(18)5-7-22-13-9-12-11(4-3-6-21-12)8-14(13)23-17(19)20/h3-4,6,9-10,13-16,18H,5,7-8H2,1-2H3. The van der Waals surface area contributed by atoms with Crippen LogP contribution in [-0.4, -0.2) is 41.3 Å². The molecule has 0 radical (unpaired) electrons. The lowest BCUT2D eigenvalue weighted by Crippen LogP contribution is -2.38. The molecule has 2 N–H and O–H groups in total. The van der Waals surface area contributed by atoms with Gasteiger partial charge in [0.25, 0.3) is 5.09 Å². The molecule has 2 aliphatic rings. The zero-order valence-corrected chi connectivity index (χ0v) is 13.2. The molecule has 0 saturated carbocycles. The molecule has 1 aliphatic carbocycles. The molecule has 8 heteroatoms. The molecule has 2 rings (SSSR count). The first-order valence-electron chi connectivity index (χ1n) is 7.57. The van der Waals surface area contributed by atoms with E-state index in [1.807, 2.05) is 19.9 Å². The molecule has 1 heterocycles. The van der Waals surface area contributed by atoms with Gasteiger partial charge in [-0.05, 0) is 31.6 Å². The van der Waals surface area contributed by atoms with Gasteiger partial charge < -0.3 is 19.4 Å². The molecule has 0 bridgehead atoms. The quantitative estimate of drug-likeness (QED) is 0.395. The SMILES string of the molecule is CC(C)NC(O)CCOC1C=C2OC=CC=C2CC1O[N+](=O)[O-]. The van der Waals surface area contributed by atoms with Crippen molar-refractivity contribution in [1.82, 2.24) is 5.32 Å². The fraction of sp³-hybridized carbons (Fsp3) is 0.600. The molecule has 1 aliphatic heterocycles. The summed E-state index contributed by atoms with van der Waals surface area (Å²) in [6, 6.07) is 0.155. The van der Waals surface area contributed by atoms with Gasteiger partial charge in [-0.1, -0.05) is 6.08 Å². The van der Waals surface area contributed by atoms with Crippen molar-refractivity contribution in [3.8, 4) is 0 Å². The van der Waals surface area contributed by atoms with Gasteiger partial charge >= 0.3 is 0 Å². The number of aliphatic hydroxyl groups is 1. The van der Waals surface area contributed by atoms with Gasteiger partial charge in [-0.3, -0.25) is 5.32 Å². The van der Waals surface area contributed by atoms with E-state index >= 15 is 0 Å². The van der Waals surface area contributed by atoms with Crippen LogP contribution in [0.5, 0.6) is 0 Å². The minimum absolute atomic E-state index is 0.155. The van der Waals surface area contributed by atoms with Crippen molar-refractivity contribution in [2.24, 2.45) is 0 Å². The first-order chi connectivity index (χ1) is 11.0. The topological polar surface area (TPSA) is 103 Å². The third-order valence-corrected chi connectivity index (χ3v) is 3.44. The zero-order chi connectivity index (χ0) is 16.8. The minimum atomic E-state index is -0.810. The second-order valence-electron chi connectivity index (χ2n) is 5.70. The number of rotatable bonds is 8. The number of hydrogen-bond acceptors (Lipinski definition) is 7. The maximum absolute atomic E-state index is 10.7. The summed E-state index contributed by atoms with van der Waals surface area (Å²) in [5, 5.41) is 22.6. The van der Waals surface area contributed by atoms with Crippen LogP contribution in [0.25, 0.3) is 0 Å². The Morgan fingerprint density at radius 3 is 3.04 bits per heavy atom. The van der Waals surface area contributed by atoms with Crippen LogP contribution in [0.2, 0.25) is 0 Å². The maximum Gasteiger partial charge on any atom is 0.294 e. The number of aliphatic hydroxyl groups excluding tert-OH is 1. The molecule has 3 atom stereocenters. The van der Waals surface area contributed by atoms with E-state index in [2.05, 4.69) is 5.32 Å². The van der Waals surface area contributed by atoms with Gasteiger partial charge in [0.2, 0.25) is 0 Å². The molecule has 128 valence electrons. The predicted molar refractivity (Wildman–Crippen MR) is 81.5 cm³/mol. The van der Waals surface area contributed by atoms with Gasteiger partial charge in [-0.2, -0.15) is 0 Å². The number of hydrogen-bond donors (Lipinski definition) is 2. The lowest BCUT2D eigenvalue weighted by molar-refractivity contribution is -0.770. The number of nitrogens with one attached hydrogen (secondary N) is 1. The largest absolute Gasteiger partial charge is 0.465 e. The van der Waals surface area contributed by atoms with E-state index in [1.165, 1.54) is 6.26 Å². The van der Waals surface area contributed by atoms with Crippen molar-refractivity contribution in [3.05, 3.63) is 45.9 Å². The molecule has 0 saturated heterocycles. The van der Waals surface area contributed by atoms with Crippen LogP contribution in [0, 0.1) is 10.1 Å². The smallest absolute Gasteiger partial charge is 0.294 e. The van der Waals surface area contributed by atoms with E-state index in [1.54, 1.807) is 12.2 Å². The number of nitrogens with zero attached hydrogens (tertiary/aromatic N) is 1. The number of ether oxygens (including phenoxy) is 2. The monoisotopic (exact) mass is 326 g/mol. The van der Waals surface area contributed by atoms with Crippen molar-refractivity contribution in [2.75, 3.05) is 6.61 Å². The summed E-state index contributed by atoms with van der Waals surface area (Å²) < 4.78 is 11.1. The average molecular weight is 326 g/mol. The van der Waals surface area contributed by atoms with E-state index in [4.69, 9.17) is 14.3 Å². The van der Waals surface area contributed by atoms with E-state index in [0.717, 1.165) is 5.57 Å². The summed E-state index contributed by atoms with van der Waals surface area (Å²) in [6.45, 7) is 4.10. The summed E-state index contributed by atoms with van der Waals surface area (Å²) in [5.41, 5.74) is 0.834. The Hall–Kier alpha value is -1.90. The van der Waals surface area contributed by atoms with Crippen LogP contribution in [-0.2, 0) is 14.3 Å². The summed E-state index contributed by atoms with van der Waals surface area (Å²) in [6.07, 6.45) is 5.44. The molecular weight excluding hydrogens is 304 g/mol. The summed E-state index contributed by atoms with van der Waals surface area (Å²) in [4.78, 5) is 15.4. The van der Waals surface area contributed by atoms with Crippen LogP contribution in [0.15, 0.2) is 35.8 Å².